The van der Waals surface area contributed by atoms with E-state index in [0.29, 0.717) is 6.61 Å². The summed E-state index contributed by atoms with van der Waals surface area (Å²) >= 11 is 0. The summed E-state index contributed by atoms with van der Waals surface area (Å²) in [6.07, 6.45) is 10.8. The molecule has 0 radical (unpaired) electrons. The van der Waals surface area contributed by atoms with Crippen LogP contribution in [0.5, 0.6) is 0 Å². The van der Waals surface area contributed by atoms with E-state index in [0.717, 1.165) is 25.9 Å². The fraction of sp³-hybridized carbons (Fsp3) is 0.692. The Labute approximate surface area is 98.1 Å². The van der Waals surface area contributed by atoms with E-state index in [1.165, 1.54) is 0 Å². The molecule has 0 spiro atoms. The lowest BCUT2D eigenvalue weighted by Gasteiger charge is -2.15. The van der Waals surface area contributed by atoms with Crippen LogP contribution in [0.2, 0.25) is 0 Å². The highest BCUT2D eigenvalue weighted by Gasteiger charge is 2.24. The van der Waals surface area contributed by atoms with Crippen LogP contribution in [-0.2, 0) is 14.2 Å². The van der Waals surface area contributed by atoms with E-state index in [2.05, 4.69) is 26.0 Å². The molecular weight excluding hydrogens is 204 g/mol. The summed E-state index contributed by atoms with van der Waals surface area (Å²) in [5.74, 6) is 0. The maximum atomic E-state index is 5.61. The van der Waals surface area contributed by atoms with E-state index in [-0.39, 0.29) is 12.4 Å². The van der Waals surface area contributed by atoms with E-state index < -0.39 is 0 Å². The second-order valence-electron chi connectivity index (χ2n) is 3.75. The van der Waals surface area contributed by atoms with Gasteiger partial charge in [0.25, 0.3) is 0 Å². The molecule has 92 valence electrons. The third-order valence-electron chi connectivity index (χ3n) is 2.16. The lowest BCUT2D eigenvalue weighted by Crippen LogP contribution is -2.17. The van der Waals surface area contributed by atoms with E-state index >= 15 is 0 Å². The zero-order chi connectivity index (χ0) is 11.6. The Morgan fingerprint density at radius 2 is 2.00 bits per heavy atom. The van der Waals surface area contributed by atoms with Crippen molar-refractivity contribution in [3.8, 4) is 0 Å². The molecule has 0 amide bonds. The Morgan fingerprint density at radius 1 is 1.25 bits per heavy atom. The van der Waals surface area contributed by atoms with Crippen LogP contribution in [0, 0.1) is 0 Å². The summed E-state index contributed by atoms with van der Waals surface area (Å²) in [7, 11) is 0. The van der Waals surface area contributed by atoms with Crippen molar-refractivity contribution in [2.45, 2.75) is 45.5 Å². The van der Waals surface area contributed by atoms with Crippen LogP contribution in [0.3, 0.4) is 0 Å². The van der Waals surface area contributed by atoms with Crippen LogP contribution in [0.15, 0.2) is 24.5 Å². The summed E-state index contributed by atoms with van der Waals surface area (Å²) in [5.41, 5.74) is 0. The highest BCUT2D eigenvalue weighted by molar-refractivity contribution is 4.82. The second-order valence-corrected chi connectivity index (χ2v) is 3.75. The van der Waals surface area contributed by atoms with Gasteiger partial charge >= 0.3 is 0 Å². The average Bonchev–Trinajstić information content (AvgIpc) is 3.09. The molecule has 0 aromatic heterocycles. The van der Waals surface area contributed by atoms with E-state index in [1.54, 1.807) is 6.26 Å². The summed E-state index contributed by atoms with van der Waals surface area (Å²) in [6.45, 7) is 5.64. The van der Waals surface area contributed by atoms with Crippen molar-refractivity contribution in [2.75, 3.05) is 13.2 Å². The van der Waals surface area contributed by atoms with Gasteiger partial charge in [-0.05, 0) is 18.9 Å². The fourth-order valence-electron chi connectivity index (χ4n) is 1.16. The van der Waals surface area contributed by atoms with Crippen LogP contribution in [-0.4, -0.2) is 25.6 Å². The first-order chi connectivity index (χ1) is 7.86. The molecule has 1 fully saturated rings. The first-order valence-corrected chi connectivity index (χ1v) is 6.05. The molecule has 16 heavy (non-hydrogen) atoms. The van der Waals surface area contributed by atoms with E-state index in [4.69, 9.17) is 14.2 Å². The maximum absolute atomic E-state index is 5.61. The highest BCUT2D eigenvalue weighted by atomic mass is 16.7. The minimum absolute atomic E-state index is 0.185. The number of hydrogen-bond donors (Lipinski definition) is 0. The van der Waals surface area contributed by atoms with Crippen LogP contribution in [0.4, 0.5) is 0 Å². The molecule has 1 aliphatic heterocycles. The summed E-state index contributed by atoms with van der Waals surface area (Å²) in [6, 6.07) is 0. The van der Waals surface area contributed by atoms with Gasteiger partial charge in [0.1, 0.15) is 6.10 Å². The summed E-state index contributed by atoms with van der Waals surface area (Å²) in [4.78, 5) is 0. The number of ether oxygens (including phenoxy) is 3. The zero-order valence-electron chi connectivity index (χ0n) is 10.2. The average molecular weight is 226 g/mol. The zero-order valence-corrected chi connectivity index (χ0v) is 10.2. The molecule has 0 bridgehead atoms. The van der Waals surface area contributed by atoms with Gasteiger partial charge in [-0.2, -0.15) is 0 Å². The predicted octanol–water partition coefficient (Wildman–Crippen LogP) is 3.02. The van der Waals surface area contributed by atoms with Crippen molar-refractivity contribution < 1.29 is 14.2 Å². The van der Waals surface area contributed by atoms with Crippen LogP contribution in [0.25, 0.3) is 0 Å². The number of allylic oxidation sites excluding steroid dienone is 2. The second kappa shape index (κ2) is 8.36. The van der Waals surface area contributed by atoms with Crippen molar-refractivity contribution in [1.29, 1.82) is 0 Å². The third-order valence-corrected chi connectivity index (χ3v) is 2.16. The standard InChI is InChI=1S/C13H22O3/c1-3-5-7-8-13(14-9-6-4-2)16-11-12-10-15-12/h5-7,9,12-13H,3-4,8,10-11H2,1-2H3/b7-5+,9-6+. The first-order valence-electron chi connectivity index (χ1n) is 6.05. The molecular formula is C13H22O3. The molecule has 3 nitrogen and oxygen atoms in total. The predicted molar refractivity (Wildman–Crippen MR) is 64.0 cm³/mol. The maximum Gasteiger partial charge on any atom is 0.202 e. The summed E-state index contributed by atoms with van der Waals surface area (Å²) < 4.78 is 16.2. The Bertz CT molecular complexity index is 203. The van der Waals surface area contributed by atoms with Gasteiger partial charge in [0.05, 0.1) is 19.5 Å². The lowest BCUT2D eigenvalue weighted by atomic mass is 10.3. The third kappa shape index (κ3) is 6.64. The quantitative estimate of drug-likeness (QED) is 0.262. The molecule has 0 saturated carbocycles. The molecule has 0 aromatic rings. The Kier molecular flexibility index (Phi) is 6.93. The van der Waals surface area contributed by atoms with Crippen LogP contribution in [0.1, 0.15) is 33.1 Å². The smallest absolute Gasteiger partial charge is 0.202 e. The Balaban J connectivity index is 2.21. The van der Waals surface area contributed by atoms with Crippen molar-refractivity contribution in [1.82, 2.24) is 0 Å². The van der Waals surface area contributed by atoms with Crippen molar-refractivity contribution in [3.63, 3.8) is 0 Å². The largest absolute Gasteiger partial charge is 0.473 e. The lowest BCUT2D eigenvalue weighted by molar-refractivity contribution is -0.107. The molecule has 1 heterocycles. The molecule has 1 rings (SSSR count). The van der Waals surface area contributed by atoms with Gasteiger partial charge in [0, 0.05) is 6.42 Å². The Morgan fingerprint density at radius 3 is 2.62 bits per heavy atom. The van der Waals surface area contributed by atoms with E-state index in [9.17, 15) is 0 Å². The number of rotatable bonds is 9. The fourth-order valence-corrected chi connectivity index (χ4v) is 1.16. The molecule has 2 unspecified atom stereocenters. The molecule has 2 atom stereocenters. The van der Waals surface area contributed by atoms with Gasteiger partial charge in [-0.15, -0.1) is 0 Å². The summed E-state index contributed by atoms with van der Waals surface area (Å²) in [5, 5.41) is 0. The minimum atomic E-state index is -0.185. The van der Waals surface area contributed by atoms with Gasteiger partial charge < -0.3 is 14.2 Å². The number of hydrogen-bond acceptors (Lipinski definition) is 3. The molecule has 0 aliphatic carbocycles. The minimum Gasteiger partial charge on any atom is -0.473 e. The number of epoxide rings is 1. The van der Waals surface area contributed by atoms with Gasteiger partial charge in [-0.25, -0.2) is 0 Å². The van der Waals surface area contributed by atoms with Gasteiger partial charge in [0.15, 0.2) is 0 Å². The molecule has 0 N–H and O–H groups in total. The van der Waals surface area contributed by atoms with Crippen molar-refractivity contribution >= 4 is 0 Å². The molecule has 3 heteroatoms. The highest BCUT2D eigenvalue weighted by Crippen LogP contribution is 2.12. The normalized spacial score (nSPS) is 21.8. The first kappa shape index (κ1) is 13.3. The Hall–Kier alpha value is -0.800. The molecule has 1 aliphatic rings. The van der Waals surface area contributed by atoms with Crippen molar-refractivity contribution in [3.05, 3.63) is 24.5 Å². The molecule has 0 aromatic carbocycles. The van der Waals surface area contributed by atoms with Crippen LogP contribution < -0.4 is 0 Å². The van der Waals surface area contributed by atoms with E-state index in [1.807, 2.05) is 6.08 Å². The molecule has 1 saturated heterocycles. The SMILES string of the molecule is CC/C=C/CC(O/C=C/CC)OCC1CO1. The monoisotopic (exact) mass is 226 g/mol. The van der Waals surface area contributed by atoms with Crippen LogP contribution >= 0.6 is 0 Å². The van der Waals surface area contributed by atoms with Gasteiger partial charge in [0.2, 0.25) is 6.29 Å². The topological polar surface area (TPSA) is 31.0 Å². The van der Waals surface area contributed by atoms with Gasteiger partial charge in [-0.1, -0.05) is 26.0 Å². The van der Waals surface area contributed by atoms with Gasteiger partial charge in [-0.3, -0.25) is 0 Å². The van der Waals surface area contributed by atoms with Crippen molar-refractivity contribution in [2.24, 2.45) is 0 Å².